The number of aliphatic hydroxyl groups excluding tert-OH is 1. The summed E-state index contributed by atoms with van der Waals surface area (Å²) < 4.78 is 1.80. The average Bonchev–Trinajstić information content (AvgIpc) is 3.13. The van der Waals surface area contributed by atoms with Gasteiger partial charge < -0.3 is 15.7 Å². The van der Waals surface area contributed by atoms with Gasteiger partial charge in [-0.25, -0.2) is 4.98 Å². The van der Waals surface area contributed by atoms with Crippen LogP contribution in [-0.4, -0.2) is 44.9 Å². The minimum absolute atomic E-state index is 0.0336. The molecule has 0 spiro atoms. The van der Waals surface area contributed by atoms with E-state index in [0.29, 0.717) is 6.54 Å². The molecule has 6 heteroatoms. The first-order valence-corrected chi connectivity index (χ1v) is 7.79. The molecule has 118 valence electrons. The molecular weight excluding hydrogens is 290 g/mol. The summed E-state index contributed by atoms with van der Waals surface area (Å²) in [7, 11) is 0. The van der Waals surface area contributed by atoms with Gasteiger partial charge in [0.25, 0.3) is 0 Å². The lowest BCUT2D eigenvalue weighted by Gasteiger charge is -2.18. The van der Waals surface area contributed by atoms with Crippen LogP contribution in [0.4, 0.5) is 5.82 Å². The number of fused-ring (bicyclic) bond motifs is 1. The largest absolute Gasteiger partial charge is 0.390 e. The number of rotatable bonds is 3. The van der Waals surface area contributed by atoms with E-state index < -0.39 is 6.10 Å². The summed E-state index contributed by atoms with van der Waals surface area (Å²) in [6.45, 7) is 3.29. The number of benzene rings is 1. The second kappa shape index (κ2) is 5.64. The lowest BCUT2D eigenvalue weighted by Crippen LogP contribution is -2.32. The van der Waals surface area contributed by atoms with Crippen LogP contribution in [0, 0.1) is 6.92 Å². The van der Waals surface area contributed by atoms with Crippen LogP contribution >= 0.6 is 0 Å². The molecule has 23 heavy (non-hydrogen) atoms. The molecule has 0 unspecified atom stereocenters. The van der Waals surface area contributed by atoms with Gasteiger partial charge >= 0.3 is 0 Å². The van der Waals surface area contributed by atoms with Crippen LogP contribution in [0.1, 0.15) is 5.69 Å². The van der Waals surface area contributed by atoms with E-state index >= 15 is 0 Å². The highest BCUT2D eigenvalue weighted by atomic mass is 16.3. The molecule has 1 aromatic carbocycles. The maximum absolute atomic E-state index is 10.0. The maximum Gasteiger partial charge on any atom is 0.158 e. The Balaban J connectivity index is 1.80. The molecule has 0 aliphatic carbocycles. The van der Waals surface area contributed by atoms with E-state index in [0.717, 1.165) is 35.0 Å². The smallest absolute Gasteiger partial charge is 0.158 e. The maximum atomic E-state index is 10.0. The standard InChI is InChI=1S/C17H19N5O/c1-11-7-16-19-13(12-5-3-2-4-6-12)8-17(22(16)21-11)20-14-9-18-10-15(14)23/h2-8,14-15,18,20,23H,9-10H2,1H3/t14-,15-/m1/s1. The van der Waals surface area contributed by atoms with Gasteiger partial charge in [-0.15, -0.1) is 0 Å². The molecule has 3 heterocycles. The summed E-state index contributed by atoms with van der Waals surface area (Å²) >= 11 is 0. The van der Waals surface area contributed by atoms with Crippen LogP contribution in [-0.2, 0) is 0 Å². The second-order valence-electron chi connectivity index (χ2n) is 5.92. The van der Waals surface area contributed by atoms with Crippen molar-refractivity contribution in [2.24, 2.45) is 0 Å². The molecular formula is C17H19N5O. The first kappa shape index (κ1) is 14.2. The van der Waals surface area contributed by atoms with Crippen molar-refractivity contribution in [1.29, 1.82) is 0 Å². The number of anilines is 1. The fraction of sp³-hybridized carbons (Fsp3) is 0.294. The fourth-order valence-corrected chi connectivity index (χ4v) is 2.95. The third kappa shape index (κ3) is 2.67. The van der Waals surface area contributed by atoms with Gasteiger partial charge in [0, 0.05) is 30.8 Å². The van der Waals surface area contributed by atoms with Crippen LogP contribution in [0.5, 0.6) is 0 Å². The summed E-state index contributed by atoms with van der Waals surface area (Å²) in [6, 6.07) is 14.0. The molecule has 0 saturated carbocycles. The van der Waals surface area contributed by atoms with Gasteiger partial charge in [-0.05, 0) is 6.92 Å². The molecule has 6 nitrogen and oxygen atoms in total. The van der Waals surface area contributed by atoms with Gasteiger partial charge in [0.05, 0.1) is 23.5 Å². The summed E-state index contributed by atoms with van der Waals surface area (Å²) in [4.78, 5) is 4.70. The number of aryl methyl sites for hydroxylation is 1. The topological polar surface area (TPSA) is 74.5 Å². The minimum Gasteiger partial charge on any atom is -0.390 e. The quantitative estimate of drug-likeness (QED) is 0.683. The van der Waals surface area contributed by atoms with Crippen molar-refractivity contribution in [3.8, 4) is 11.3 Å². The van der Waals surface area contributed by atoms with Crippen molar-refractivity contribution in [2.75, 3.05) is 18.4 Å². The Labute approximate surface area is 134 Å². The Hall–Kier alpha value is -2.44. The molecule has 2 aromatic heterocycles. The Morgan fingerprint density at radius 3 is 2.78 bits per heavy atom. The van der Waals surface area contributed by atoms with Gasteiger partial charge in [0.15, 0.2) is 5.65 Å². The Morgan fingerprint density at radius 1 is 1.22 bits per heavy atom. The normalized spacial score (nSPS) is 21.0. The van der Waals surface area contributed by atoms with Gasteiger partial charge in [-0.2, -0.15) is 9.61 Å². The number of nitrogens with zero attached hydrogens (tertiary/aromatic N) is 3. The first-order chi connectivity index (χ1) is 11.2. The van der Waals surface area contributed by atoms with Crippen molar-refractivity contribution >= 4 is 11.5 Å². The van der Waals surface area contributed by atoms with Gasteiger partial charge in [-0.3, -0.25) is 0 Å². The zero-order valence-corrected chi connectivity index (χ0v) is 12.9. The van der Waals surface area contributed by atoms with Crippen LogP contribution in [0.3, 0.4) is 0 Å². The SMILES string of the molecule is Cc1cc2nc(-c3ccccc3)cc(N[C@@H]3CNC[C@H]3O)n2n1. The van der Waals surface area contributed by atoms with Crippen LogP contribution < -0.4 is 10.6 Å². The number of nitrogens with one attached hydrogen (secondary N) is 2. The zero-order valence-electron chi connectivity index (χ0n) is 12.9. The van der Waals surface area contributed by atoms with Crippen molar-refractivity contribution in [1.82, 2.24) is 19.9 Å². The summed E-state index contributed by atoms with van der Waals surface area (Å²) in [6.07, 6.45) is -0.407. The van der Waals surface area contributed by atoms with E-state index in [9.17, 15) is 5.11 Å². The molecule has 0 bridgehead atoms. The molecule has 1 fully saturated rings. The predicted octanol–water partition coefficient (Wildman–Crippen LogP) is 1.45. The van der Waals surface area contributed by atoms with Crippen LogP contribution in [0.25, 0.3) is 16.9 Å². The molecule has 0 amide bonds. The summed E-state index contributed by atoms with van der Waals surface area (Å²) in [5, 5.41) is 21.1. The highest BCUT2D eigenvalue weighted by molar-refractivity contribution is 5.66. The first-order valence-electron chi connectivity index (χ1n) is 7.79. The van der Waals surface area contributed by atoms with Crippen molar-refractivity contribution < 1.29 is 5.11 Å². The van der Waals surface area contributed by atoms with Crippen molar-refractivity contribution in [3.05, 3.63) is 48.2 Å². The highest BCUT2D eigenvalue weighted by Crippen LogP contribution is 2.23. The van der Waals surface area contributed by atoms with Gasteiger partial charge in [0.2, 0.25) is 0 Å². The van der Waals surface area contributed by atoms with Crippen molar-refractivity contribution in [3.63, 3.8) is 0 Å². The molecule has 1 saturated heterocycles. The second-order valence-corrected chi connectivity index (χ2v) is 5.92. The Kier molecular flexibility index (Phi) is 3.48. The number of β-amino-alcohol motifs (C(OH)–C–C–N with tert-alkyl or cyclic N) is 1. The van der Waals surface area contributed by atoms with E-state index in [1.807, 2.05) is 49.4 Å². The van der Waals surface area contributed by atoms with Crippen molar-refractivity contribution in [2.45, 2.75) is 19.1 Å². The number of hydrogen-bond donors (Lipinski definition) is 3. The predicted molar refractivity (Wildman–Crippen MR) is 89.4 cm³/mol. The molecule has 4 rings (SSSR count). The van der Waals surface area contributed by atoms with Crippen LogP contribution in [0.2, 0.25) is 0 Å². The highest BCUT2D eigenvalue weighted by Gasteiger charge is 2.25. The number of hydrogen-bond acceptors (Lipinski definition) is 5. The lowest BCUT2D eigenvalue weighted by atomic mass is 10.1. The van der Waals surface area contributed by atoms with E-state index in [1.54, 1.807) is 4.52 Å². The summed E-state index contributed by atoms with van der Waals surface area (Å²) in [5.41, 5.74) is 3.66. The molecule has 1 aliphatic heterocycles. The molecule has 2 atom stereocenters. The third-order valence-electron chi connectivity index (χ3n) is 4.13. The Morgan fingerprint density at radius 2 is 2.04 bits per heavy atom. The molecule has 3 aromatic rings. The van der Waals surface area contributed by atoms with E-state index in [1.165, 1.54) is 0 Å². The molecule has 1 aliphatic rings. The monoisotopic (exact) mass is 309 g/mol. The van der Waals surface area contributed by atoms with Gasteiger partial charge in [-0.1, -0.05) is 30.3 Å². The van der Waals surface area contributed by atoms with Crippen LogP contribution in [0.15, 0.2) is 42.5 Å². The number of aromatic nitrogens is 3. The average molecular weight is 309 g/mol. The molecule has 3 N–H and O–H groups in total. The molecule has 0 radical (unpaired) electrons. The Bertz CT molecular complexity index is 830. The number of aliphatic hydroxyl groups is 1. The lowest BCUT2D eigenvalue weighted by molar-refractivity contribution is 0.185. The van der Waals surface area contributed by atoms with E-state index in [-0.39, 0.29) is 6.04 Å². The third-order valence-corrected chi connectivity index (χ3v) is 4.13. The van der Waals surface area contributed by atoms with Gasteiger partial charge in [0.1, 0.15) is 5.82 Å². The van der Waals surface area contributed by atoms with E-state index in [2.05, 4.69) is 15.7 Å². The summed E-state index contributed by atoms with van der Waals surface area (Å²) in [5.74, 6) is 0.842. The van der Waals surface area contributed by atoms with E-state index in [4.69, 9.17) is 4.98 Å². The fourth-order valence-electron chi connectivity index (χ4n) is 2.95. The zero-order chi connectivity index (χ0) is 15.8. The minimum atomic E-state index is -0.407.